The summed E-state index contributed by atoms with van der Waals surface area (Å²) in [5.74, 6) is -4.21. The van der Waals surface area contributed by atoms with Gasteiger partial charge in [-0.25, -0.2) is 4.79 Å². The van der Waals surface area contributed by atoms with Crippen LogP contribution in [0.5, 0.6) is 5.75 Å². The fourth-order valence-corrected chi connectivity index (χ4v) is 4.49. The van der Waals surface area contributed by atoms with Gasteiger partial charge >= 0.3 is 5.97 Å². The summed E-state index contributed by atoms with van der Waals surface area (Å²) < 4.78 is 0. The molecule has 12 nitrogen and oxygen atoms in total. The van der Waals surface area contributed by atoms with E-state index in [1.165, 1.54) is 29.2 Å². The predicted octanol–water partition coefficient (Wildman–Crippen LogP) is -0.575. The minimum Gasteiger partial charge on any atom is -0.508 e. The van der Waals surface area contributed by atoms with E-state index in [2.05, 4.69) is 10.6 Å². The fourth-order valence-electron chi connectivity index (χ4n) is 4.49. The second kappa shape index (κ2) is 13.4. The van der Waals surface area contributed by atoms with Crippen LogP contribution in [0.3, 0.4) is 0 Å². The lowest BCUT2D eigenvalue weighted by molar-refractivity contribution is -0.143. The van der Waals surface area contributed by atoms with Gasteiger partial charge in [-0.15, -0.1) is 0 Å². The first-order valence-electron chi connectivity index (χ1n) is 12.5. The molecule has 1 aliphatic rings. The van der Waals surface area contributed by atoms with Gasteiger partial charge in [0.15, 0.2) is 0 Å². The van der Waals surface area contributed by atoms with Gasteiger partial charge in [0.2, 0.25) is 23.6 Å². The third-order valence-electron chi connectivity index (χ3n) is 6.48. The smallest absolute Gasteiger partial charge is 0.326 e. The van der Waals surface area contributed by atoms with Gasteiger partial charge in [-0.05, 0) is 42.5 Å². The minimum atomic E-state index is -1.45. The number of nitrogens with two attached hydrogens (primary N) is 2. The normalized spacial score (nSPS) is 17.1. The molecular weight excluding hydrogens is 506 g/mol. The Balaban J connectivity index is 1.67. The number of carboxylic acid groups (broad SMARTS) is 1. The van der Waals surface area contributed by atoms with Gasteiger partial charge in [-0.2, -0.15) is 0 Å². The number of aliphatic carboxylic acids is 1. The van der Waals surface area contributed by atoms with Gasteiger partial charge < -0.3 is 37.2 Å². The van der Waals surface area contributed by atoms with Crippen molar-refractivity contribution in [2.75, 3.05) is 6.54 Å². The predicted molar refractivity (Wildman–Crippen MR) is 140 cm³/mol. The van der Waals surface area contributed by atoms with E-state index in [9.17, 15) is 34.2 Å². The molecule has 208 valence electrons. The Morgan fingerprint density at radius 3 is 2.18 bits per heavy atom. The molecule has 2 aromatic carbocycles. The number of hydrogen-bond donors (Lipinski definition) is 6. The monoisotopic (exact) mass is 539 g/mol. The van der Waals surface area contributed by atoms with Crippen LogP contribution in [0.15, 0.2) is 54.6 Å². The molecule has 0 aromatic heterocycles. The highest BCUT2D eigenvalue weighted by atomic mass is 16.4. The summed E-state index contributed by atoms with van der Waals surface area (Å²) in [5, 5.41) is 23.8. The summed E-state index contributed by atoms with van der Waals surface area (Å²) in [6, 6.07) is 10.4. The number of phenolic OH excluding ortho intramolecular Hbond substituents is 1. The number of nitrogens with zero attached hydrogens (tertiary/aromatic N) is 1. The first-order chi connectivity index (χ1) is 18.5. The van der Waals surface area contributed by atoms with E-state index in [4.69, 9.17) is 11.5 Å². The molecule has 0 radical (unpaired) electrons. The molecule has 12 heteroatoms. The molecule has 39 heavy (non-hydrogen) atoms. The van der Waals surface area contributed by atoms with E-state index in [1.807, 2.05) is 30.3 Å². The van der Waals surface area contributed by atoms with Gasteiger partial charge in [0, 0.05) is 13.0 Å². The number of phenols is 1. The van der Waals surface area contributed by atoms with Crippen molar-refractivity contribution in [1.82, 2.24) is 15.5 Å². The van der Waals surface area contributed by atoms with Crippen LogP contribution in [0.2, 0.25) is 0 Å². The Labute approximate surface area is 225 Å². The molecule has 2 aromatic rings. The molecule has 3 rings (SSSR count). The van der Waals surface area contributed by atoms with Crippen molar-refractivity contribution >= 4 is 29.6 Å². The molecule has 0 bridgehead atoms. The maximum absolute atomic E-state index is 13.2. The highest BCUT2D eigenvalue weighted by molar-refractivity contribution is 5.96. The Morgan fingerprint density at radius 2 is 1.56 bits per heavy atom. The third kappa shape index (κ3) is 8.27. The number of carbonyl (C=O) groups excluding carboxylic acids is 4. The van der Waals surface area contributed by atoms with E-state index in [0.717, 1.165) is 5.56 Å². The van der Waals surface area contributed by atoms with Crippen molar-refractivity contribution in [3.63, 3.8) is 0 Å². The zero-order valence-corrected chi connectivity index (χ0v) is 21.3. The lowest BCUT2D eigenvalue weighted by Crippen LogP contribution is -2.57. The summed E-state index contributed by atoms with van der Waals surface area (Å²) >= 11 is 0. The van der Waals surface area contributed by atoms with Crippen molar-refractivity contribution in [2.45, 2.75) is 56.3 Å². The largest absolute Gasteiger partial charge is 0.508 e. The van der Waals surface area contributed by atoms with Gasteiger partial charge in [0.05, 0.1) is 12.5 Å². The number of amides is 4. The first-order valence-corrected chi connectivity index (χ1v) is 12.5. The molecule has 0 saturated carbocycles. The lowest BCUT2D eigenvalue weighted by Gasteiger charge is -2.28. The Hall–Kier alpha value is -4.45. The SMILES string of the molecule is NC(=O)CC(NC(=O)C1CCCN1C(=O)C(N)Cc1ccccc1)C(=O)NC(Cc1ccc(O)cc1)C(=O)O. The second-order valence-corrected chi connectivity index (χ2v) is 9.49. The Bertz CT molecular complexity index is 1190. The van der Waals surface area contributed by atoms with E-state index < -0.39 is 60.2 Å². The van der Waals surface area contributed by atoms with Crippen molar-refractivity contribution in [1.29, 1.82) is 0 Å². The van der Waals surface area contributed by atoms with Crippen LogP contribution in [-0.2, 0) is 36.8 Å². The molecule has 1 saturated heterocycles. The molecule has 4 amide bonds. The van der Waals surface area contributed by atoms with Crippen molar-refractivity contribution in [2.24, 2.45) is 11.5 Å². The molecule has 1 fully saturated rings. The zero-order chi connectivity index (χ0) is 28.5. The molecule has 1 aliphatic heterocycles. The molecule has 0 aliphatic carbocycles. The molecule has 0 spiro atoms. The average Bonchev–Trinajstić information content (AvgIpc) is 3.39. The maximum atomic E-state index is 13.2. The van der Waals surface area contributed by atoms with Crippen molar-refractivity contribution in [3.05, 3.63) is 65.7 Å². The van der Waals surface area contributed by atoms with Crippen LogP contribution in [-0.4, -0.2) is 75.4 Å². The minimum absolute atomic E-state index is 0.000597. The van der Waals surface area contributed by atoms with E-state index >= 15 is 0 Å². The van der Waals surface area contributed by atoms with E-state index in [0.29, 0.717) is 24.9 Å². The van der Waals surface area contributed by atoms with Gasteiger partial charge in [0.25, 0.3) is 0 Å². The summed E-state index contributed by atoms with van der Waals surface area (Å²) in [7, 11) is 0. The zero-order valence-electron chi connectivity index (χ0n) is 21.3. The second-order valence-electron chi connectivity index (χ2n) is 9.49. The van der Waals surface area contributed by atoms with Crippen LogP contribution >= 0.6 is 0 Å². The van der Waals surface area contributed by atoms with Crippen molar-refractivity contribution < 1.29 is 34.2 Å². The molecule has 4 atom stereocenters. The number of carboxylic acids is 1. The van der Waals surface area contributed by atoms with Gasteiger partial charge in [-0.1, -0.05) is 42.5 Å². The highest BCUT2D eigenvalue weighted by Gasteiger charge is 2.38. The molecule has 4 unspecified atom stereocenters. The summed E-state index contributed by atoms with van der Waals surface area (Å²) in [6.07, 6.45) is 0.483. The summed E-state index contributed by atoms with van der Waals surface area (Å²) in [6.45, 7) is 0.305. The average molecular weight is 540 g/mol. The number of likely N-dealkylation sites (tertiary alicyclic amines) is 1. The van der Waals surface area contributed by atoms with Crippen LogP contribution in [0.1, 0.15) is 30.4 Å². The fraction of sp³-hybridized carbons (Fsp3) is 0.370. The lowest BCUT2D eigenvalue weighted by atomic mass is 10.0. The van der Waals surface area contributed by atoms with E-state index in [-0.39, 0.29) is 18.6 Å². The van der Waals surface area contributed by atoms with Gasteiger partial charge in [-0.3, -0.25) is 19.2 Å². The summed E-state index contributed by atoms with van der Waals surface area (Å²) in [5.41, 5.74) is 12.8. The topological polar surface area (TPSA) is 205 Å². The Morgan fingerprint density at radius 1 is 0.923 bits per heavy atom. The van der Waals surface area contributed by atoms with Crippen LogP contribution < -0.4 is 22.1 Å². The quantitative estimate of drug-likeness (QED) is 0.205. The van der Waals surface area contributed by atoms with Crippen LogP contribution in [0, 0.1) is 0 Å². The number of aromatic hydroxyl groups is 1. The number of primary amides is 1. The standard InChI is InChI=1S/C27H33N5O7/c28-19(13-16-5-2-1-3-6-16)26(37)32-12-4-7-22(32)25(36)30-20(15-23(29)34)24(35)31-21(27(38)39)14-17-8-10-18(33)11-9-17/h1-3,5-6,8-11,19-22,33H,4,7,12-15,28H2,(H2,29,34)(H,30,36)(H,31,35)(H,38,39). The summed E-state index contributed by atoms with van der Waals surface area (Å²) in [4.78, 5) is 64.0. The highest BCUT2D eigenvalue weighted by Crippen LogP contribution is 2.20. The number of nitrogens with one attached hydrogen (secondary N) is 2. The first kappa shape index (κ1) is 29.1. The Kier molecular flexibility index (Phi) is 9.98. The molecule has 8 N–H and O–H groups in total. The number of benzene rings is 2. The number of carbonyl (C=O) groups is 5. The molecular formula is C27H33N5O7. The van der Waals surface area contributed by atoms with E-state index in [1.54, 1.807) is 0 Å². The number of rotatable bonds is 12. The van der Waals surface area contributed by atoms with Crippen molar-refractivity contribution in [3.8, 4) is 5.75 Å². The molecule has 1 heterocycles. The maximum Gasteiger partial charge on any atom is 0.326 e. The van der Waals surface area contributed by atoms with Crippen LogP contribution in [0.4, 0.5) is 0 Å². The third-order valence-corrected chi connectivity index (χ3v) is 6.48. The van der Waals surface area contributed by atoms with Gasteiger partial charge in [0.1, 0.15) is 23.9 Å². The number of hydrogen-bond acceptors (Lipinski definition) is 7. The van der Waals surface area contributed by atoms with Crippen LogP contribution in [0.25, 0.3) is 0 Å².